The fourth-order valence-corrected chi connectivity index (χ4v) is 8.78. The number of hydrogen-bond acceptors (Lipinski definition) is 9. The van der Waals surface area contributed by atoms with E-state index >= 15 is 13.2 Å². The van der Waals surface area contributed by atoms with E-state index in [0.29, 0.717) is 13.0 Å². The van der Waals surface area contributed by atoms with Crippen LogP contribution in [0.5, 0.6) is 6.01 Å². The number of alkyl halides is 3. The van der Waals surface area contributed by atoms with E-state index in [1.807, 2.05) is 20.0 Å². The third-order valence-corrected chi connectivity index (χ3v) is 11.6. The number of nitrogens with zero attached hydrogens (tertiary/aromatic N) is 6. The molecule has 1 saturated carbocycles. The summed E-state index contributed by atoms with van der Waals surface area (Å²) in [4.78, 5) is 27.3. The zero-order valence-corrected chi connectivity index (χ0v) is 28.1. The van der Waals surface area contributed by atoms with Crippen molar-refractivity contribution in [1.29, 1.82) is 5.26 Å². The van der Waals surface area contributed by atoms with E-state index in [2.05, 4.69) is 16.5 Å². The van der Waals surface area contributed by atoms with E-state index in [4.69, 9.17) is 15.5 Å². The SMILES string of the molecule is C=CC(=O)N1CCC(N(C)c2nc(OCC3CC4(CC4)CN3C)nc3c(C(F)(F)F)c(-c4ccc(F)c5sc(N)c(C#N)c45)ccc23)C1C. The lowest BCUT2D eigenvalue weighted by Gasteiger charge is -2.32. The van der Waals surface area contributed by atoms with E-state index in [-0.39, 0.29) is 90.6 Å². The third kappa shape index (κ3) is 5.53. The molecule has 3 atom stereocenters. The first-order chi connectivity index (χ1) is 23.3. The van der Waals surface area contributed by atoms with E-state index in [0.717, 1.165) is 43.2 Å². The Balaban J connectivity index is 1.41. The fourth-order valence-electron chi connectivity index (χ4n) is 7.83. The van der Waals surface area contributed by atoms with E-state index in [1.54, 1.807) is 16.8 Å². The quantitative estimate of drug-likeness (QED) is 0.170. The highest BCUT2D eigenvalue weighted by Crippen LogP contribution is 2.54. The number of nitriles is 1. The molecule has 7 rings (SSSR count). The molecule has 1 amide bonds. The number of benzene rings is 2. The zero-order chi connectivity index (χ0) is 35.0. The van der Waals surface area contributed by atoms with E-state index in [9.17, 15) is 14.4 Å². The van der Waals surface area contributed by atoms with Crippen molar-refractivity contribution in [3.8, 4) is 23.2 Å². The smallest absolute Gasteiger partial charge is 0.419 e. The molecule has 14 heteroatoms. The normalized spacial score (nSPS) is 21.8. The molecule has 49 heavy (non-hydrogen) atoms. The van der Waals surface area contributed by atoms with Gasteiger partial charge in [-0.1, -0.05) is 18.7 Å². The summed E-state index contributed by atoms with van der Waals surface area (Å²) in [5.41, 5.74) is 4.51. The van der Waals surface area contributed by atoms with Crippen molar-refractivity contribution in [3.63, 3.8) is 0 Å². The molecule has 1 aliphatic carbocycles. The topological polar surface area (TPSA) is 112 Å². The van der Waals surface area contributed by atoms with Gasteiger partial charge in [0.25, 0.3) is 0 Å². The first-order valence-corrected chi connectivity index (χ1v) is 16.9. The molecule has 2 aliphatic heterocycles. The van der Waals surface area contributed by atoms with Crippen LogP contribution in [0, 0.1) is 22.6 Å². The Kier molecular flexibility index (Phi) is 7.98. The number of thiophene rings is 1. The zero-order valence-electron chi connectivity index (χ0n) is 27.3. The summed E-state index contributed by atoms with van der Waals surface area (Å²) >= 11 is 0.814. The second-order valence-electron chi connectivity index (χ2n) is 13.5. The molecular weight excluding hydrogens is 658 g/mol. The van der Waals surface area contributed by atoms with Crippen LogP contribution < -0.4 is 15.4 Å². The van der Waals surface area contributed by atoms with Crippen LogP contribution in [0.15, 0.2) is 36.9 Å². The molecule has 4 heterocycles. The summed E-state index contributed by atoms with van der Waals surface area (Å²) in [6.07, 6.45) is 0.111. The monoisotopic (exact) mass is 693 g/mol. The number of anilines is 2. The summed E-state index contributed by atoms with van der Waals surface area (Å²) in [7, 11) is 3.76. The van der Waals surface area contributed by atoms with Gasteiger partial charge in [0.2, 0.25) is 5.91 Å². The van der Waals surface area contributed by atoms with Crippen LogP contribution >= 0.6 is 11.3 Å². The number of nitrogen functional groups attached to an aromatic ring is 1. The van der Waals surface area contributed by atoms with Gasteiger partial charge in [-0.15, -0.1) is 11.3 Å². The molecule has 2 N–H and O–H groups in total. The Morgan fingerprint density at radius 1 is 1.27 bits per heavy atom. The Morgan fingerprint density at radius 2 is 2.00 bits per heavy atom. The highest BCUT2D eigenvalue weighted by atomic mass is 32.1. The molecule has 256 valence electrons. The van der Waals surface area contributed by atoms with Crippen LogP contribution in [0.1, 0.15) is 43.7 Å². The van der Waals surface area contributed by atoms with Gasteiger partial charge in [0.1, 0.15) is 29.3 Å². The minimum Gasteiger partial charge on any atom is -0.462 e. The van der Waals surface area contributed by atoms with Gasteiger partial charge < -0.3 is 20.3 Å². The van der Waals surface area contributed by atoms with Crippen LogP contribution in [0.4, 0.5) is 28.4 Å². The molecule has 2 saturated heterocycles. The summed E-state index contributed by atoms with van der Waals surface area (Å²) in [6.45, 7) is 7.08. The third-order valence-electron chi connectivity index (χ3n) is 10.6. The van der Waals surface area contributed by atoms with Gasteiger partial charge >= 0.3 is 12.2 Å². The number of amides is 1. The molecule has 2 aromatic carbocycles. The predicted molar refractivity (Wildman–Crippen MR) is 181 cm³/mol. The molecule has 0 radical (unpaired) electrons. The van der Waals surface area contributed by atoms with Crippen molar-refractivity contribution < 1.29 is 27.1 Å². The highest BCUT2D eigenvalue weighted by molar-refractivity contribution is 7.23. The highest BCUT2D eigenvalue weighted by Gasteiger charge is 2.51. The van der Waals surface area contributed by atoms with Crippen molar-refractivity contribution in [3.05, 3.63) is 53.9 Å². The second-order valence-corrected chi connectivity index (χ2v) is 14.5. The van der Waals surface area contributed by atoms with Gasteiger partial charge in [-0.05, 0) is 74.4 Å². The number of carbonyl (C=O) groups excluding carboxylic acids is 1. The molecule has 1 spiro atoms. The van der Waals surface area contributed by atoms with Crippen molar-refractivity contribution >= 4 is 49.1 Å². The molecule has 3 unspecified atom stereocenters. The number of ether oxygens (including phenoxy) is 1. The van der Waals surface area contributed by atoms with Gasteiger partial charge in [0.05, 0.1) is 27.4 Å². The largest absolute Gasteiger partial charge is 0.462 e. The van der Waals surface area contributed by atoms with Crippen LogP contribution in [0.3, 0.4) is 0 Å². The van der Waals surface area contributed by atoms with Crippen molar-refractivity contribution in [2.75, 3.05) is 44.4 Å². The Hall–Kier alpha value is -4.48. The van der Waals surface area contributed by atoms with Gasteiger partial charge in [-0.3, -0.25) is 9.69 Å². The number of nitrogens with two attached hydrogens (primary N) is 1. The maximum atomic E-state index is 15.4. The predicted octanol–water partition coefficient (Wildman–Crippen LogP) is 6.60. The molecule has 2 aromatic heterocycles. The van der Waals surface area contributed by atoms with Gasteiger partial charge in [0.15, 0.2) is 0 Å². The molecule has 4 aromatic rings. The standard InChI is InChI=1S/C35H35F4N7O2S/c1-5-26(47)46-13-10-25(18(46)2)45(4)32-22-7-6-21(20-8-9-24(36)30-27(20)23(15-40)31(41)49-30)28(35(37,38)39)29(22)42-33(43-32)48-16-19-14-34(11-12-34)17-44(19)3/h5-9,18-19,25H,1,10-14,16-17,41H2,2-4H3. The molecule has 3 aliphatic rings. The average Bonchev–Trinajstić information content (AvgIpc) is 3.38. The van der Waals surface area contributed by atoms with Crippen LogP contribution in [0.2, 0.25) is 0 Å². The molecule has 3 fully saturated rings. The summed E-state index contributed by atoms with van der Waals surface area (Å²) < 4.78 is 67.2. The number of aromatic nitrogens is 2. The van der Waals surface area contributed by atoms with Crippen molar-refractivity contribution in [2.45, 2.75) is 56.9 Å². The average molecular weight is 694 g/mol. The lowest BCUT2D eigenvalue weighted by atomic mass is 9.92. The summed E-state index contributed by atoms with van der Waals surface area (Å²) in [5.74, 6) is -0.691. The van der Waals surface area contributed by atoms with Crippen molar-refractivity contribution in [2.24, 2.45) is 5.41 Å². The molecular formula is C35H35F4N7O2S. The minimum absolute atomic E-state index is 0.00475. The first kappa shape index (κ1) is 33.0. The number of hydrogen-bond donors (Lipinski definition) is 1. The van der Waals surface area contributed by atoms with E-state index < -0.39 is 17.6 Å². The Bertz CT molecular complexity index is 2050. The molecule has 0 bridgehead atoms. The summed E-state index contributed by atoms with van der Waals surface area (Å²) in [6, 6.07) is 6.38. The number of likely N-dealkylation sites (tertiary alicyclic amines) is 2. The lowest BCUT2D eigenvalue weighted by molar-refractivity contribution is -0.136. The van der Waals surface area contributed by atoms with Gasteiger partial charge in [-0.2, -0.15) is 28.4 Å². The minimum atomic E-state index is -4.93. The molecule has 9 nitrogen and oxygen atoms in total. The van der Waals surface area contributed by atoms with Crippen molar-refractivity contribution in [1.82, 2.24) is 19.8 Å². The second kappa shape index (κ2) is 11.8. The number of likely N-dealkylation sites (N-methyl/N-ethyl adjacent to an activating group) is 2. The fraction of sp³-hybridized carbons (Fsp3) is 0.429. The lowest BCUT2D eigenvalue weighted by Crippen LogP contribution is -2.43. The van der Waals surface area contributed by atoms with Crippen LogP contribution in [0.25, 0.3) is 32.1 Å². The van der Waals surface area contributed by atoms with Crippen LogP contribution in [-0.4, -0.2) is 77.6 Å². The number of rotatable bonds is 7. The number of carbonyl (C=O) groups is 1. The van der Waals surface area contributed by atoms with Gasteiger partial charge in [-0.25, -0.2) is 4.39 Å². The number of fused-ring (bicyclic) bond motifs is 2. The number of halogens is 4. The maximum Gasteiger partial charge on any atom is 0.419 e. The maximum absolute atomic E-state index is 15.4. The first-order valence-electron chi connectivity index (χ1n) is 16.1. The Morgan fingerprint density at radius 3 is 2.65 bits per heavy atom. The Labute approximate surface area is 284 Å². The van der Waals surface area contributed by atoms with E-state index in [1.165, 1.54) is 24.3 Å². The van der Waals surface area contributed by atoms with Crippen LogP contribution in [-0.2, 0) is 11.0 Å². The summed E-state index contributed by atoms with van der Waals surface area (Å²) in [5, 5.41) is 10.0. The van der Waals surface area contributed by atoms with Gasteiger partial charge in [0, 0.05) is 43.0 Å².